The minimum absolute atomic E-state index is 0.0876. The second-order valence-corrected chi connectivity index (χ2v) is 9.83. The molecule has 8 nitrogen and oxygen atoms in total. The number of aromatic amines is 1. The van der Waals surface area contributed by atoms with Gasteiger partial charge in [0.1, 0.15) is 5.82 Å². The highest BCUT2D eigenvalue weighted by molar-refractivity contribution is 7.86. The Morgan fingerprint density at radius 1 is 0.931 bits per heavy atom. The molecule has 2 aliphatic rings. The van der Waals surface area contributed by atoms with Gasteiger partial charge in [0, 0.05) is 39.3 Å². The predicted octanol–water partition coefficient (Wildman–Crippen LogP) is 1.72. The highest BCUT2D eigenvalue weighted by Crippen LogP contribution is 2.22. The van der Waals surface area contributed by atoms with E-state index in [1.807, 2.05) is 25.1 Å². The standard InChI is InChI=1S/C20H29N5O3S/c1-16(19-21-18-9-5-4-8-17(18)20(26)22-19)23-12-14-25(15-13-23)29(27,28)24-10-6-2-3-7-11-24/h4-5,8-9,16H,2-3,6-7,10-15H2,1H3,(H,21,22,26). The third-order valence-corrected chi connectivity index (χ3v) is 8.10. The average Bonchev–Trinajstić information content (AvgIpc) is 3.03. The molecule has 2 aromatic rings. The van der Waals surface area contributed by atoms with Crippen LogP contribution in [0.2, 0.25) is 0 Å². The van der Waals surface area contributed by atoms with E-state index < -0.39 is 10.2 Å². The number of piperazine rings is 1. The Labute approximate surface area is 171 Å². The van der Waals surface area contributed by atoms with E-state index in [0.717, 1.165) is 25.7 Å². The molecule has 1 N–H and O–H groups in total. The zero-order valence-electron chi connectivity index (χ0n) is 16.9. The monoisotopic (exact) mass is 419 g/mol. The van der Waals surface area contributed by atoms with Crippen molar-refractivity contribution in [2.24, 2.45) is 0 Å². The van der Waals surface area contributed by atoms with Gasteiger partial charge < -0.3 is 4.98 Å². The number of hydrogen-bond acceptors (Lipinski definition) is 5. The first-order valence-corrected chi connectivity index (χ1v) is 11.8. The third kappa shape index (κ3) is 4.23. The number of benzene rings is 1. The van der Waals surface area contributed by atoms with Gasteiger partial charge in [-0.1, -0.05) is 25.0 Å². The van der Waals surface area contributed by atoms with Crippen molar-refractivity contribution < 1.29 is 8.42 Å². The number of rotatable bonds is 4. The second kappa shape index (κ2) is 8.51. The van der Waals surface area contributed by atoms with E-state index in [1.54, 1.807) is 14.7 Å². The number of para-hydroxylation sites is 1. The summed E-state index contributed by atoms with van der Waals surface area (Å²) in [6.45, 7) is 5.41. The van der Waals surface area contributed by atoms with Gasteiger partial charge in [-0.25, -0.2) is 4.98 Å². The molecule has 9 heteroatoms. The van der Waals surface area contributed by atoms with Gasteiger partial charge in [0.2, 0.25) is 0 Å². The fourth-order valence-electron chi connectivity index (χ4n) is 4.23. The molecule has 2 aliphatic heterocycles. The summed E-state index contributed by atoms with van der Waals surface area (Å²) in [5.74, 6) is 0.623. The minimum Gasteiger partial charge on any atom is -0.309 e. The summed E-state index contributed by atoms with van der Waals surface area (Å²) in [5, 5.41) is 0.580. The van der Waals surface area contributed by atoms with E-state index in [4.69, 9.17) is 0 Å². The lowest BCUT2D eigenvalue weighted by Crippen LogP contribution is -2.53. The van der Waals surface area contributed by atoms with Crippen LogP contribution < -0.4 is 5.56 Å². The van der Waals surface area contributed by atoms with Crippen molar-refractivity contribution >= 4 is 21.1 Å². The molecule has 1 atom stereocenters. The van der Waals surface area contributed by atoms with Gasteiger partial charge in [-0.3, -0.25) is 9.69 Å². The molecule has 1 aromatic carbocycles. The first-order chi connectivity index (χ1) is 14.0. The van der Waals surface area contributed by atoms with Crippen LogP contribution in [0.5, 0.6) is 0 Å². The maximum Gasteiger partial charge on any atom is 0.282 e. The molecule has 0 saturated carbocycles. The summed E-state index contributed by atoms with van der Waals surface area (Å²) in [5.41, 5.74) is 0.542. The van der Waals surface area contributed by atoms with Gasteiger partial charge in [0.25, 0.3) is 15.8 Å². The Kier molecular flexibility index (Phi) is 6.00. The molecule has 4 rings (SSSR count). The lowest BCUT2D eigenvalue weighted by molar-refractivity contribution is 0.137. The number of nitrogens with one attached hydrogen (secondary N) is 1. The van der Waals surface area contributed by atoms with Crippen LogP contribution in [0.25, 0.3) is 10.9 Å². The van der Waals surface area contributed by atoms with Crippen LogP contribution in [0, 0.1) is 0 Å². The molecule has 29 heavy (non-hydrogen) atoms. The fraction of sp³-hybridized carbons (Fsp3) is 0.600. The number of fused-ring (bicyclic) bond motifs is 1. The molecule has 0 bridgehead atoms. The van der Waals surface area contributed by atoms with E-state index in [0.29, 0.717) is 56.0 Å². The molecule has 0 aliphatic carbocycles. The quantitative estimate of drug-likeness (QED) is 0.815. The number of H-pyrrole nitrogens is 1. The molecule has 1 unspecified atom stereocenters. The van der Waals surface area contributed by atoms with Crippen LogP contribution in [0.1, 0.15) is 44.5 Å². The van der Waals surface area contributed by atoms with E-state index >= 15 is 0 Å². The van der Waals surface area contributed by atoms with Crippen LogP contribution in [-0.2, 0) is 10.2 Å². The Hall–Kier alpha value is -1.81. The zero-order chi connectivity index (χ0) is 20.4. The molecule has 0 amide bonds. The van der Waals surface area contributed by atoms with Crippen molar-refractivity contribution in [3.63, 3.8) is 0 Å². The number of nitrogens with zero attached hydrogens (tertiary/aromatic N) is 4. The minimum atomic E-state index is -3.39. The molecule has 0 radical (unpaired) electrons. The Morgan fingerprint density at radius 2 is 1.55 bits per heavy atom. The van der Waals surface area contributed by atoms with E-state index in [2.05, 4.69) is 14.9 Å². The second-order valence-electron chi connectivity index (χ2n) is 7.90. The lowest BCUT2D eigenvalue weighted by atomic mass is 10.2. The van der Waals surface area contributed by atoms with Gasteiger partial charge >= 0.3 is 0 Å². The molecule has 158 valence electrons. The summed E-state index contributed by atoms with van der Waals surface area (Å²) in [4.78, 5) is 22.1. The van der Waals surface area contributed by atoms with Crippen molar-refractivity contribution in [3.8, 4) is 0 Å². The Bertz CT molecular complexity index is 1010. The predicted molar refractivity (Wildman–Crippen MR) is 113 cm³/mol. The zero-order valence-corrected chi connectivity index (χ0v) is 17.7. The summed E-state index contributed by atoms with van der Waals surface area (Å²) in [6.07, 6.45) is 4.09. The highest BCUT2D eigenvalue weighted by atomic mass is 32.2. The summed E-state index contributed by atoms with van der Waals surface area (Å²) in [6, 6.07) is 7.21. The van der Waals surface area contributed by atoms with Crippen molar-refractivity contribution in [2.45, 2.75) is 38.6 Å². The maximum atomic E-state index is 13.0. The molecule has 2 fully saturated rings. The number of hydrogen-bond donors (Lipinski definition) is 1. The van der Waals surface area contributed by atoms with Crippen LogP contribution in [-0.4, -0.2) is 71.2 Å². The van der Waals surface area contributed by atoms with Gasteiger partial charge in [0.05, 0.1) is 16.9 Å². The number of aromatic nitrogens is 2. The molecule has 1 aromatic heterocycles. The largest absolute Gasteiger partial charge is 0.309 e. The van der Waals surface area contributed by atoms with E-state index in [9.17, 15) is 13.2 Å². The summed E-state index contributed by atoms with van der Waals surface area (Å²) in [7, 11) is -3.39. The molecular formula is C20H29N5O3S. The van der Waals surface area contributed by atoms with Gasteiger partial charge in [-0.05, 0) is 31.9 Å². The molecule has 3 heterocycles. The van der Waals surface area contributed by atoms with Crippen LogP contribution in [0.3, 0.4) is 0 Å². The van der Waals surface area contributed by atoms with Crippen molar-refractivity contribution in [2.75, 3.05) is 39.3 Å². The summed E-state index contributed by atoms with van der Waals surface area (Å²) < 4.78 is 29.3. The van der Waals surface area contributed by atoms with Gasteiger partial charge in [-0.2, -0.15) is 17.0 Å². The van der Waals surface area contributed by atoms with Crippen LogP contribution >= 0.6 is 0 Å². The van der Waals surface area contributed by atoms with Crippen molar-refractivity contribution in [3.05, 3.63) is 40.4 Å². The normalized spacial score (nSPS) is 21.8. The fourth-order valence-corrected chi connectivity index (χ4v) is 5.90. The average molecular weight is 420 g/mol. The summed E-state index contributed by atoms with van der Waals surface area (Å²) >= 11 is 0. The lowest BCUT2D eigenvalue weighted by Gasteiger charge is -2.38. The first-order valence-electron chi connectivity index (χ1n) is 10.4. The Balaban J connectivity index is 1.44. The third-order valence-electron chi connectivity index (χ3n) is 6.07. The SMILES string of the molecule is CC(c1nc2ccccc2c(=O)[nH]1)N1CCN(S(=O)(=O)N2CCCCCC2)CC1. The Morgan fingerprint density at radius 3 is 2.24 bits per heavy atom. The van der Waals surface area contributed by atoms with Crippen molar-refractivity contribution in [1.82, 2.24) is 23.5 Å². The molecular weight excluding hydrogens is 390 g/mol. The van der Waals surface area contributed by atoms with Gasteiger partial charge in [-0.15, -0.1) is 0 Å². The topological polar surface area (TPSA) is 89.6 Å². The highest BCUT2D eigenvalue weighted by Gasteiger charge is 2.34. The van der Waals surface area contributed by atoms with Crippen LogP contribution in [0.15, 0.2) is 29.1 Å². The van der Waals surface area contributed by atoms with Crippen molar-refractivity contribution in [1.29, 1.82) is 0 Å². The van der Waals surface area contributed by atoms with Gasteiger partial charge in [0.15, 0.2) is 0 Å². The van der Waals surface area contributed by atoms with E-state index in [-0.39, 0.29) is 11.6 Å². The first kappa shape index (κ1) is 20.5. The molecule has 0 spiro atoms. The maximum absolute atomic E-state index is 13.0. The smallest absolute Gasteiger partial charge is 0.282 e. The van der Waals surface area contributed by atoms with Crippen LogP contribution in [0.4, 0.5) is 0 Å². The molecule has 2 saturated heterocycles. The van der Waals surface area contributed by atoms with E-state index in [1.165, 1.54) is 0 Å².